The summed E-state index contributed by atoms with van der Waals surface area (Å²) in [7, 11) is 0. The van der Waals surface area contributed by atoms with Crippen LogP contribution in [0.25, 0.3) is 33.0 Å². The van der Waals surface area contributed by atoms with Crippen LogP contribution in [-0.2, 0) is 22.4 Å². The lowest BCUT2D eigenvalue weighted by Gasteiger charge is -2.11. The maximum Gasteiger partial charge on any atom is 0.328 e. The number of carboxylic acid groups (broad SMARTS) is 1. The van der Waals surface area contributed by atoms with Crippen molar-refractivity contribution in [1.29, 1.82) is 0 Å². The van der Waals surface area contributed by atoms with Crippen LogP contribution in [-0.4, -0.2) is 73.8 Å². The third kappa shape index (κ3) is 12.6. The van der Waals surface area contributed by atoms with E-state index in [1.165, 1.54) is 59.6 Å². The van der Waals surface area contributed by atoms with Gasteiger partial charge in [-0.2, -0.15) is 0 Å². The third-order valence-corrected chi connectivity index (χ3v) is 12.2. The van der Waals surface area contributed by atoms with Gasteiger partial charge in [-0.05, 0) is 85.7 Å². The Morgan fingerprint density at radius 3 is 1.60 bits per heavy atom. The number of nitrogens with zero attached hydrogens (tertiary/aromatic N) is 4. The molecular formula is C44H40Cl2N8O7S2. The summed E-state index contributed by atoms with van der Waals surface area (Å²) in [5.74, 6) is 0.602. The fraction of sp³-hybridized carbons (Fsp3) is 0.182. The van der Waals surface area contributed by atoms with Gasteiger partial charge < -0.3 is 37.1 Å². The Balaban J connectivity index is 0.000000176. The number of nitrogens with one attached hydrogen (secondary N) is 1. The number of halogens is 2. The largest absolute Gasteiger partial charge is 0.487 e. The first kappa shape index (κ1) is 46.0. The molecule has 19 heteroatoms. The van der Waals surface area contributed by atoms with Gasteiger partial charge in [-0.25, -0.2) is 24.7 Å². The summed E-state index contributed by atoms with van der Waals surface area (Å²) in [6, 6.07) is 15.4. The first-order chi connectivity index (χ1) is 30.1. The number of hydrogen-bond acceptors (Lipinski definition) is 15. The maximum atomic E-state index is 12.1. The van der Waals surface area contributed by atoms with Crippen molar-refractivity contribution in [2.75, 3.05) is 24.6 Å². The van der Waals surface area contributed by atoms with Crippen LogP contribution in [0.5, 0.6) is 11.5 Å². The Kier molecular flexibility index (Phi) is 15.4. The summed E-state index contributed by atoms with van der Waals surface area (Å²) >= 11 is 15.7. The van der Waals surface area contributed by atoms with Crippen molar-refractivity contribution < 1.29 is 33.8 Å². The minimum Gasteiger partial charge on any atom is -0.487 e. The predicted molar refractivity (Wildman–Crippen MR) is 246 cm³/mol. The fourth-order valence-electron chi connectivity index (χ4n) is 6.15. The SMILES string of the molecule is CC(=O)c1ccc(-c2cc(Cl)c3c(c2)CC(CN)O3)s1.CC(=O)c1ccc(-c2cc(Cl)c3c(c2)CC(CNC(=O)/C=C/c2cnc(N)nc2)O3)s1.Nc1ncc(/C=C/C(=O)O)cn1. The van der Waals surface area contributed by atoms with Crippen LogP contribution in [0.15, 0.2) is 85.5 Å². The van der Waals surface area contributed by atoms with E-state index in [0.717, 1.165) is 55.1 Å². The van der Waals surface area contributed by atoms with Crippen molar-refractivity contribution >= 4 is 93.4 Å². The molecule has 2 aromatic carbocycles. The number of aromatic nitrogens is 4. The lowest BCUT2D eigenvalue weighted by atomic mass is 10.1. The summed E-state index contributed by atoms with van der Waals surface area (Å²) in [6.07, 6.45) is 12.6. The minimum absolute atomic E-state index is 0.00821. The summed E-state index contributed by atoms with van der Waals surface area (Å²) in [6.45, 7) is 3.95. The first-order valence-corrected chi connectivity index (χ1v) is 21.5. The molecule has 6 heterocycles. The molecule has 6 aromatic rings. The van der Waals surface area contributed by atoms with Crippen LogP contribution in [0.3, 0.4) is 0 Å². The van der Waals surface area contributed by atoms with E-state index in [1.807, 2.05) is 42.5 Å². The number of Topliss-reactive ketones (excluding diaryl/α,β-unsaturated/α-hetero) is 2. The van der Waals surface area contributed by atoms with Crippen molar-refractivity contribution in [2.45, 2.75) is 38.9 Å². The molecule has 2 aliphatic rings. The predicted octanol–water partition coefficient (Wildman–Crippen LogP) is 7.47. The molecule has 2 unspecified atom stereocenters. The van der Waals surface area contributed by atoms with E-state index in [1.54, 1.807) is 19.9 Å². The van der Waals surface area contributed by atoms with Crippen molar-refractivity contribution in [1.82, 2.24) is 25.3 Å². The number of nitrogens with two attached hydrogens (primary N) is 3. The number of amides is 1. The number of nitrogen functional groups attached to an aromatic ring is 2. The number of carbonyl (C=O) groups excluding carboxylic acids is 3. The zero-order chi connectivity index (χ0) is 45.2. The molecule has 324 valence electrons. The minimum atomic E-state index is -1.01. The van der Waals surface area contributed by atoms with Crippen molar-refractivity contribution in [2.24, 2.45) is 5.73 Å². The number of rotatable bonds is 11. The molecule has 8 rings (SSSR count). The highest BCUT2D eigenvalue weighted by Gasteiger charge is 2.27. The highest BCUT2D eigenvalue weighted by molar-refractivity contribution is 7.17. The standard InChI is InChI=1S/C22H19ClN4O3S.C15H14ClNO2S.C7H7N3O2/c1-12(28)18-3-4-19(31-18)14-6-15-7-16(30-21(15)17(23)8-14)11-25-20(29)5-2-13-9-26-22(24)27-10-13;1-8(18)13-2-3-14(20-13)9-4-10-5-11(7-17)19-15(10)12(16)6-9;8-7-9-3-5(4-10-7)1-2-6(11)12/h2-6,8-10,16H,7,11H2,1H3,(H,25,29)(H2,24,26,27);2-4,6,11H,5,7,17H2,1H3;1-4H,(H,11,12)(H2,8,9,10)/b5-2+;;2-1+. The van der Waals surface area contributed by atoms with Gasteiger partial charge >= 0.3 is 5.97 Å². The third-order valence-electron chi connectivity index (χ3n) is 9.18. The maximum absolute atomic E-state index is 12.1. The highest BCUT2D eigenvalue weighted by Crippen LogP contribution is 2.42. The van der Waals surface area contributed by atoms with Gasteiger partial charge in [0, 0.05) is 88.3 Å². The van der Waals surface area contributed by atoms with Gasteiger partial charge in [-0.1, -0.05) is 23.2 Å². The number of anilines is 2. The fourth-order valence-corrected chi connectivity index (χ4v) is 8.49. The van der Waals surface area contributed by atoms with Crippen molar-refractivity contribution in [3.63, 3.8) is 0 Å². The Bertz CT molecular complexity index is 2700. The van der Waals surface area contributed by atoms with Crippen LogP contribution >= 0.6 is 45.9 Å². The average molecular weight is 928 g/mol. The molecule has 0 bridgehead atoms. The number of carboxylic acids is 1. The summed E-state index contributed by atoms with van der Waals surface area (Å²) in [5.41, 5.74) is 21.6. The zero-order valence-corrected chi connectivity index (χ0v) is 36.9. The van der Waals surface area contributed by atoms with Crippen molar-refractivity contribution in [3.8, 4) is 32.4 Å². The lowest BCUT2D eigenvalue weighted by molar-refractivity contribution is -0.131. The quantitative estimate of drug-likeness (QED) is 0.0625. The second-order valence-electron chi connectivity index (χ2n) is 14.0. The molecule has 63 heavy (non-hydrogen) atoms. The van der Waals surface area contributed by atoms with Gasteiger partial charge in [0.25, 0.3) is 0 Å². The van der Waals surface area contributed by atoms with E-state index in [-0.39, 0.29) is 41.6 Å². The molecule has 4 aromatic heterocycles. The Morgan fingerprint density at radius 1 is 0.730 bits per heavy atom. The smallest absolute Gasteiger partial charge is 0.328 e. The zero-order valence-electron chi connectivity index (χ0n) is 33.7. The number of ether oxygens (including phenoxy) is 2. The number of aliphatic carboxylic acids is 1. The molecular weight excluding hydrogens is 888 g/mol. The second-order valence-corrected chi connectivity index (χ2v) is 16.9. The van der Waals surface area contributed by atoms with Crippen LogP contribution < -0.4 is 32.0 Å². The Labute approximate surface area is 379 Å². The van der Waals surface area contributed by atoms with E-state index in [2.05, 4.69) is 31.3 Å². The summed E-state index contributed by atoms with van der Waals surface area (Å²) in [4.78, 5) is 63.7. The van der Waals surface area contributed by atoms with Gasteiger partial charge in [0.2, 0.25) is 17.8 Å². The van der Waals surface area contributed by atoms with Crippen LogP contribution in [0.2, 0.25) is 10.0 Å². The van der Waals surface area contributed by atoms with E-state index < -0.39 is 5.97 Å². The van der Waals surface area contributed by atoms with Gasteiger partial charge in [-0.3, -0.25) is 14.4 Å². The number of benzene rings is 2. The Morgan fingerprint density at radius 2 is 1.17 bits per heavy atom. The molecule has 2 atom stereocenters. The second kappa shape index (κ2) is 21.0. The molecule has 0 aliphatic carbocycles. The number of ketones is 2. The highest BCUT2D eigenvalue weighted by atomic mass is 35.5. The molecule has 0 saturated heterocycles. The number of carbonyl (C=O) groups is 4. The molecule has 0 radical (unpaired) electrons. The van der Waals surface area contributed by atoms with E-state index >= 15 is 0 Å². The monoisotopic (exact) mass is 926 g/mol. The molecule has 0 saturated carbocycles. The van der Waals surface area contributed by atoms with Crippen LogP contribution in [0.1, 0.15) is 55.4 Å². The van der Waals surface area contributed by atoms with Crippen molar-refractivity contribution in [3.05, 3.63) is 128 Å². The van der Waals surface area contributed by atoms with Crippen LogP contribution in [0.4, 0.5) is 11.9 Å². The Hall–Kier alpha value is -6.50. The van der Waals surface area contributed by atoms with Gasteiger partial charge in [0.05, 0.1) is 26.3 Å². The molecule has 1 amide bonds. The van der Waals surface area contributed by atoms with E-state index in [0.29, 0.717) is 51.3 Å². The molecule has 2 aliphatic heterocycles. The normalized spacial score (nSPS) is 14.7. The van der Waals surface area contributed by atoms with Crippen LogP contribution in [0, 0.1) is 0 Å². The van der Waals surface area contributed by atoms with E-state index in [9.17, 15) is 19.2 Å². The van der Waals surface area contributed by atoms with E-state index in [4.69, 9.17) is 55.0 Å². The molecule has 15 nitrogen and oxygen atoms in total. The first-order valence-electron chi connectivity index (χ1n) is 19.1. The number of hydrogen-bond donors (Lipinski definition) is 5. The van der Waals surface area contributed by atoms with Gasteiger partial charge in [-0.15, -0.1) is 22.7 Å². The lowest BCUT2D eigenvalue weighted by Crippen LogP contribution is -2.33. The summed E-state index contributed by atoms with van der Waals surface area (Å²) in [5, 5.41) is 12.2. The number of thiophene rings is 2. The van der Waals surface area contributed by atoms with Gasteiger partial charge in [0.1, 0.15) is 23.7 Å². The summed E-state index contributed by atoms with van der Waals surface area (Å²) < 4.78 is 11.7. The molecule has 0 fully saturated rings. The van der Waals surface area contributed by atoms with Gasteiger partial charge in [0.15, 0.2) is 11.6 Å². The number of fused-ring (bicyclic) bond motifs is 2. The topological polar surface area (TPSA) is 249 Å². The molecule has 0 spiro atoms. The molecule has 8 N–H and O–H groups in total. The average Bonchev–Trinajstić information content (AvgIpc) is 4.09.